The predicted molar refractivity (Wildman–Crippen MR) is 116 cm³/mol. The summed E-state index contributed by atoms with van der Waals surface area (Å²) in [5.41, 5.74) is -0.407. The highest BCUT2D eigenvalue weighted by Gasteiger charge is 2.17. The van der Waals surface area contributed by atoms with Gasteiger partial charge in [0.15, 0.2) is 0 Å². The molecule has 1 N–H and O–H groups in total. The lowest BCUT2D eigenvalue weighted by atomic mass is 10.1. The zero-order valence-electron chi connectivity index (χ0n) is 18.9. The third-order valence-electron chi connectivity index (χ3n) is 3.50. The van der Waals surface area contributed by atoms with E-state index in [4.69, 9.17) is 36.5 Å². The number of rotatable bonds is 17. The fraction of sp³-hybridized carbons (Fsp3) is 0.727. The van der Waals surface area contributed by atoms with E-state index in [2.05, 4.69) is 17.2 Å². The van der Waals surface area contributed by atoms with Crippen LogP contribution in [-0.4, -0.2) is 95.0 Å². The molecule has 31 heavy (non-hydrogen) atoms. The smallest absolute Gasteiger partial charge is 0.407 e. The Bertz CT molecular complexity index is 548. The Labute approximate surface area is 186 Å². The van der Waals surface area contributed by atoms with E-state index < -0.39 is 11.6 Å². The molecule has 0 aromatic rings. The van der Waals surface area contributed by atoms with Crippen LogP contribution in [0, 0.1) is 24.7 Å². The zero-order valence-corrected chi connectivity index (χ0v) is 18.9. The molecule has 176 valence electrons. The number of nitrogens with one attached hydrogen (secondary N) is 1. The van der Waals surface area contributed by atoms with Gasteiger partial charge >= 0.3 is 6.09 Å². The summed E-state index contributed by atoms with van der Waals surface area (Å²) in [7, 11) is 0. The van der Waals surface area contributed by atoms with Gasteiger partial charge in [0.2, 0.25) is 5.91 Å². The van der Waals surface area contributed by atoms with Gasteiger partial charge in [-0.05, 0) is 20.8 Å². The summed E-state index contributed by atoms with van der Waals surface area (Å²) in [5, 5.41) is 2.67. The Morgan fingerprint density at radius 1 is 0.806 bits per heavy atom. The number of terminal acetylenes is 2. The molecule has 0 unspecified atom stereocenters. The van der Waals surface area contributed by atoms with Crippen molar-refractivity contribution in [3.05, 3.63) is 0 Å². The summed E-state index contributed by atoms with van der Waals surface area (Å²) < 4.78 is 26.3. The highest BCUT2D eigenvalue weighted by atomic mass is 16.5. The largest absolute Gasteiger partial charge is 0.449 e. The molecule has 0 aliphatic rings. The molecule has 0 bridgehead atoms. The first-order chi connectivity index (χ1) is 14.8. The van der Waals surface area contributed by atoms with Gasteiger partial charge in [-0.15, -0.1) is 12.8 Å². The molecule has 0 spiro atoms. The van der Waals surface area contributed by atoms with Crippen LogP contribution < -0.4 is 5.32 Å². The molecule has 0 aromatic heterocycles. The predicted octanol–water partition coefficient (Wildman–Crippen LogP) is 1.06. The van der Waals surface area contributed by atoms with Gasteiger partial charge in [0.25, 0.3) is 0 Å². The van der Waals surface area contributed by atoms with Crippen molar-refractivity contribution in [2.24, 2.45) is 0 Å². The quantitative estimate of drug-likeness (QED) is 0.267. The van der Waals surface area contributed by atoms with E-state index in [0.717, 1.165) is 0 Å². The molecule has 0 aromatic carbocycles. The molecule has 2 amide bonds. The van der Waals surface area contributed by atoms with Crippen LogP contribution in [0.1, 0.15) is 27.2 Å². The standard InChI is InChI=1S/C22H36N2O7/c1-6-11-27-16-18-29-14-9-24(10-15-30-19-17-28-12-7-2)20(25)8-13-31-21(26)23-22(3,4)5/h1-2H,8-19H2,3-5H3,(H,23,26). The van der Waals surface area contributed by atoms with Crippen LogP contribution in [0.2, 0.25) is 0 Å². The number of ether oxygens (including phenoxy) is 5. The first-order valence-corrected chi connectivity index (χ1v) is 10.2. The summed E-state index contributed by atoms with van der Waals surface area (Å²) in [6.45, 7) is 8.93. The lowest BCUT2D eigenvalue weighted by molar-refractivity contribution is -0.133. The van der Waals surface area contributed by atoms with Crippen LogP contribution in [0.3, 0.4) is 0 Å². The number of hydrogen-bond acceptors (Lipinski definition) is 7. The molecule has 0 aliphatic heterocycles. The van der Waals surface area contributed by atoms with E-state index in [1.807, 2.05) is 20.8 Å². The van der Waals surface area contributed by atoms with Gasteiger partial charge in [0, 0.05) is 18.6 Å². The molecular weight excluding hydrogens is 404 g/mol. The molecule has 9 nitrogen and oxygen atoms in total. The summed E-state index contributed by atoms with van der Waals surface area (Å²) in [5.74, 6) is 4.58. The molecule has 0 radical (unpaired) electrons. The normalized spacial score (nSPS) is 10.7. The minimum Gasteiger partial charge on any atom is -0.449 e. The summed E-state index contributed by atoms with van der Waals surface area (Å²) in [4.78, 5) is 25.8. The Morgan fingerprint density at radius 2 is 1.29 bits per heavy atom. The Hall–Kier alpha value is -2.30. The van der Waals surface area contributed by atoms with Crippen molar-refractivity contribution < 1.29 is 33.3 Å². The van der Waals surface area contributed by atoms with Gasteiger partial charge in [-0.25, -0.2) is 4.79 Å². The molecule has 0 saturated heterocycles. The van der Waals surface area contributed by atoms with Crippen molar-refractivity contribution >= 4 is 12.0 Å². The molecule has 0 fully saturated rings. The highest BCUT2D eigenvalue weighted by Crippen LogP contribution is 2.01. The second-order valence-electron chi connectivity index (χ2n) is 7.38. The minimum absolute atomic E-state index is 0.0151. The SMILES string of the molecule is C#CCOCCOCCN(CCOCCOCC#C)C(=O)CCOC(=O)NC(C)(C)C. The summed E-state index contributed by atoms with van der Waals surface area (Å²) in [6.07, 6.45) is 9.70. The summed E-state index contributed by atoms with van der Waals surface area (Å²) in [6, 6.07) is 0. The van der Waals surface area contributed by atoms with Crippen molar-refractivity contribution in [3.8, 4) is 24.7 Å². The van der Waals surface area contributed by atoms with Gasteiger partial charge in [0.05, 0.1) is 46.1 Å². The van der Waals surface area contributed by atoms with Crippen LogP contribution in [0.5, 0.6) is 0 Å². The van der Waals surface area contributed by atoms with Crippen LogP contribution in [0.15, 0.2) is 0 Å². The Balaban J connectivity index is 4.29. The van der Waals surface area contributed by atoms with E-state index in [1.54, 1.807) is 4.90 Å². The fourth-order valence-corrected chi connectivity index (χ4v) is 2.14. The average molecular weight is 441 g/mol. The topological polar surface area (TPSA) is 95.6 Å². The van der Waals surface area contributed by atoms with Crippen molar-refractivity contribution in [1.29, 1.82) is 0 Å². The lowest BCUT2D eigenvalue weighted by Crippen LogP contribution is -2.41. The van der Waals surface area contributed by atoms with Crippen LogP contribution >= 0.6 is 0 Å². The molecule has 0 heterocycles. The van der Waals surface area contributed by atoms with Gasteiger partial charge < -0.3 is 33.9 Å². The minimum atomic E-state index is -0.558. The maximum atomic E-state index is 12.5. The second-order valence-corrected chi connectivity index (χ2v) is 7.38. The van der Waals surface area contributed by atoms with Crippen molar-refractivity contribution in [2.75, 3.05) is 72.6 Å². The molecular formula is C22H36N2O7. The van der Waals surface area contributed by atoms with Crippen LogP contribution in [0.4, 0.5) is 4.79 Å². The number of alkyl carbamates (subject to hydrolysis) is 1. The number of amides is 2. The van der Waals surface area contributed by atoms with Gasteiger partial charge in [-0.1, -0.05) is 11.8 Å². The third kappa shape index (κ3) is 19.4. The molecule has 0 aliphatic carbocycles. The maximum absolute atomic E-state index is 12.5. The van der Waals surface area contributed by atoms with Crippen LogP contribution in [0.25, 0.3) is 0 Å². The molecule has 0 saturated carbocycles. The van der Waals surface area contributed by atoms with Crippen molar-refractivity contribution in [1.82, 2.24) is 10.2 Å². The van der Waals surface area contributed by atoms with Crippen LogP contribution in [-0.2, 0) is 28.5 Å². The van der Waals surface area contributed by atoms with E-state index >= 15 is 0 Å². The number of nitrogens with zero attached hydrogens (tertiary/aromatic N) is 1. The number of hydrogen-bond donors (Lipinski definition) is 1. The summed E-state index contributed by atoms with van der Waals surface area (Å²) >= 11 is 0. The fourth-order valence-electron chi connectivity index (χ4n) is 2.14. The highest BCUT2D eigenvalue weighted by molar-refractivity contribution is 5.76. The Kier molecular flexibility index (Phi) is 17.1. The third-order valence-corrected chi connectivity index (χ3v) is 3.50. The van der Waals surface area contributed by atoms with E-state index in [-0.39, 0.29) is 32.1 Å². The van der Waals surface area contributed by atoms with E-state index in [0.29, 0.717) is 52.7 Å². The zero-order chi connectivity index (χ0) is 23.4. The van der Waals surface area contributed by atoms with Crippen molar-refractivity contribution in [2.45, 2.75) is 32.7 Å². The Morgan fingerprint density at radius 3 is 1.74 bits per heavy atom. The van der Waals surface area contributed by atoms with Gasteiger partial charge in [-0.3, -0.25) is 4.79 Å². The first-order valence-electron chi connectivity index (χ1n) is 10.2. The molecule has 9 heteroatoms. The number of carbonyl (C=O) groups excluding carboxylic acids is 2. The van der Waals surface area contributed by atoms with Gasteiger partial charge in [0.1, 0.15) is 19.8 Å². The first kappa shape index (κ1) is 28.7. The maximum Gasteiger partial charge on any atom is 0.407 e. The molecule has 0 atom stereocenters. The second kappa shape index (κ2) is 18.5. The van der Waals surface area contributed by atoms with Crippen molar-refractivity contribution in [3.63, 3.8) is 0 Å². The monoisotopic (exact) mass is 440 g/mol. The average Bonchev–Trinajstić information content (AvgIpc) is 2.69. The number of carbonyl (C=O) groups is 2. The van der Waals surface area contributed by atoms with E-state index in [9.17, 15) is 9.59 Å². The van der Waals surface area contributed by atoms with E-state index in [1.165, 1.54) is 0 Å². The lowest BCUT2D eigenvalue weighted by Gasteiger charge is -2.23. The molecule has 0 rings (SSSR count). The van der Waals surface area contributed by atoms with Gasteiger partial charge in [-0.2, -0.15) is 0 Å².